The SMILES string of the molecule is Cc1nc2n(n1)CCCC2NC(=O)Nc1cnn(CC(F)(F)F)c1. The van der Waals surface area contributed by atoms with Gasteiger partial charge in [-0.25, -0.2) is 14.5 Å². The highest BCUT2D eigenvalue weighted by atomic mass is 19.4. The molecule has 1 aliphatic heterocycles. The first-order chi connectivity index (χ1) is 11.3. The highest BCUT2D eigenvalue weighted by Gasteiger charge is 2.29. The Morgan fingerprint density at radius 2 is 2.25 bits per heavy atom. The van der Waals surface area contributed by atoms with Crippen molar-refractivity contribution >= 4 is 11.7 Å². The van der Waals surface area contributed by atoms with E-state index in [2.05, 4.69) is 25.8 Å². The van der Waals surface area contributed by atoms with Gasteiger partial charge in [-0.15, -0.1) is 0 Å². The molecule has 0 fully saturated rings. The van der Waals surface area contributed by atoms with Crippen molar-refractivity contribution < 1.29 is 18.0 Å². The average molecular weight is 343 g/mol. The predicted molar refractivity (Wildman–Crippen MR) is 77.2 cm³/mol. The standard InChI is InChI=1S/C13H16F3N7O/c1-8-18-11-10(3-2-4-23(11)21-8)20-12(24)19-9-5-17-22(6-9)7-13(14,15)16/h5-6,10H,2-4,7H2,1H3,(H2,19,20,24). The lowest BCUT2D eigenvalue weighted by Crippen LogP contribution is -2.36. The molecule has 1 aliphatic rings. The number of carbonyl (C=O) groups excluding carboxylic acids is 1. The number of nitrogens with zero attached hydrogens (tertiary/aromatic N) is 5. The van der Waals surface area contributed by atoms with Crippen molar-refractivity contribution in [1.82, 2.24) is 29.9 Å². The third-order valence-corrected chi connectivity index (χ3v) is 3.52. The summed E-state index contributed by atoms with van der Waals surface area (Å²) in [7, 11) is 0. The van der Waals surface area contributed by atoms with Gasteiger partial charge < -0.3 is 10.6 Å². The van der Waals surface area contributed by atoms with Crippen molar-refractivity contribution in [1.29, 1.82) is 0 Å². The number of anilines is 1. The van der Waals surface area contributed by atoms with Gasteiger partial charge in [0.05, 0.1) is 17.9 Å². The van der Waals surface area contributed by atoms with E-state index in [9.17, 15) is 18.0 Å². The number of carbonyl (C=O) groups is 1. The molecular formula is C13H16F3N7O. The van der Waals surface area contributed by atoms with E-state index in [0.29, 0.717) is 11.6 Å². The Hall–Kier alpha value is -2.59. The molecule has 2 aromatic rings. The molecule has 3 rings (SSSR count). The highest BCUT2D eigenvalue weighted by molar-refractivity contribution is 5.89. The smallest absolute Gasteiger partial charge is 0.328 e. The zero-order chi connectivity index (χ0) is 17.3. The first kappa shape index (κ1) is 16.3. The lowest BCUT2D eigenvalue weighted by Gasteiger charge is -2.23. The van der Waals surface area contributed by atoms with Crippen molar-refractivity contribution in [3.8, 4) is 0 Å². The van der Waals surface area contributed by atoms with E-state index in [1.165, 1.54) is 6.20 Å². The average Bonchev–Trinajstić information content (AvgIpc) is 3.03. The van der Waals surface area contributed by atoms with E-state index in [0.717, 1.165) is 30.3 Å². The molecule has 2 N–H and O–H groups in total. The summed E-state index contributed by atoms with van der Waals surface area (Å²) in [5, 5.41) is 13.0. The van der Waals surface area contributed by atoms with E-state index < -0.39 is 18.8 Å². The molecule has 1 unspecified atom stereocenters. The summed E-state index contributed by atoms with van der Waals surface area (Å²) >= 11 is 0. The van der Waals surface area contributed by atoms with Gasteiger partial charge in [-0.2, -0.15) is 23.4 Å². The van der Waals surface area contributed by atoms with Gasteiger partial charge in [-0.05, 0) is 19.8 Å². The van der Waals surface area contributed by atoms with Crippen molar-refractivity contribution in [2.75, 3.05) is 5.32 Å². The molecule has 0 bridgehead atoms. The minimum absolute atomic E-state index is 0.185. The number of amides is 2. The zero-order valence-electron chi connectivity index (χ0n) is 12.8. The summed E-state index contributed by atoms with van der Waals surface area (Å²) in [6.07, 6.45) is -0.502. The zero-order valence-corrected chi connectivity index (χ0v) is 12.8. The lowest BCUT2D eigenvalue weighted by molar-refractivity contribution is -0.142. The van der Waals surface area contributed by atoms with E-state index in [1.807, 2.05) is 0 Å². The Morgan fingerprint density at radius 3 is 3.00 bits per heavy atom. The van der Waals surface area contributed by atoms with Crippen molar-refractivity contribution in [2.45, 2.75) is 45.1 Å². The number of halogens is 3. The van der Waals surface area contributed by atoms with E-state index in [-0.39, 0.29) is 11.7 Å². The van der Waals surface area contributed by atoms with Crippen LogP contribution >= 0.6 is 0 Å². The van der Waals surface area contributed by atoms with Crippen molar-refractivity contribution in [3.63, 3.8) is 0 Å². The van der Waals surface area contributed by atoms with Gasteiger partial charge in [0.1, 0.15) is 18.2 Å². The number of hydrogen-bond acceptors (Lipinski definition) is 4. The van der Waals surface area contributed by atoms with E-state index in [1.54, 1.807) is 11.6 Å². The Morgan fingerprint density at radius 1 is 1.46 bits per heavy atom. The van der Waals surface area contributed by atoms with Crippen molar-refractivity contribution in [2.24, 2.45) is 0 Å². The Kier molecular flexibility index (Phi) is 4.16. The molecule has 0 aliphatic carbocycles. The second-order valence-corrected chi connectivity index (χ2v) is 5.58. The molecule has 0 radical (unpaired) electrons. The fraction of sp³-hybridized carbons (Fsp3) is 0.538. The van der Waals surface area contributed by atoms with Crippen LogP contribution in [0.5, 0.6) is 0 Å². The molecule has 0 spiro atoms. The maximum atomic E-state index is 12.3. The molecule has 2 amide bonds. The Labute approximate surface area is 135 Å². The number of aromatic nitrogens is 5. The van der Waals surface area contributed by atoms with Crippen LogP contribution in [0, 0.1) is 6.92 Å². The highest BCUT2D eigenvalue weighted by Crippen LogP contribution is 2.23. The van der Waals surface area contributed by atoms with Gasteiger partial charge in [0.2, 0.25) is 0 Å². The molecule has 2 aromatic heterocycles. The van der Waals surface area contributed by atoms with Crippen LogP contribution in [-0.4, -0.2) is 36.8 Å². The van der Waals surface area contributed by atoms with Gasteiger partial charge in [0.15, 0.2) is 0 Å². The van der Waals surface area contributed by atoms with Crippen LogP contribution in [0.4, 0.5) is 23.7 Å². The number of nitrogens with one attached hydrogen (secondary N) is 2. The van der Waals surface area contributed by atoms with Crippen LogP contribution < -0.4 is 10.6 Å². The van der Waals surface area contributed by atoms with Gasteiger partial charge in [0.25, 0.3) is 0 Å². The summed E-state index contributed by atoms with van der Waals surface area (Å²) in [5.74, 6) is 1.31. The second kappa shape index (κ2) is 6.13. The summed E-state index contributed by atoms with van der Waals surface area (Å²) in [6.45, 7) is 1.32. The molecule has 0 aromatic carbocycles. The van der Waals surface area contributed by atoms with E-state index in [4.69, 9.17) is 0 Å². The summed E-state index contributed by atoms with van der Waals surface area (Å²) in [4.78, 5) is 16.4. The van der Waals surface area contributed by atoms with Crippen LogP contribution in [0.1, 0.15) is 30.5 Å². The van der Waals surface area contributed by atoms with Crippen LogP contribution in [0.2, 0.25) is 0 Å². The largest absolute Gasteiger partial charge is 0.408 e. The number of urea groups is 1. The van der Waals surface area contributed by atoms with Crippen LogP contribution in [-0.2, 0) is 13.1 Å². The van der Waals surface area contributed by atoms with Crippen molar-refractivity contribution in [3.05, 3.63) is 24.0 Å². The molecule has 8 nitrogen and oxygen atoms in total. The molecule has 1 atom stereocenters. The number of alkyl halides is 3. The maximum absolute atomic E-state index is 12.3. The minimum Gasteiger partial charge on any atom is -0.328 e. The topological polar surface area (TPSA) is 89.7 Å². The van der Waals surface area contributed by atoms with E-state index >= 15 is 0 Å². The Bertz CT molecular complexity index is 736. The molecule has 0 saturated carbocycles. The first-order valence-corrected chi connectivity index (χ1v) is 7.38. The first-order valence-electron chi connectivity index (χ1n) is 7.38. The third-order valence-electron chi connectivity index (χ3n) is 3.52. The molecule has 11 heteroatoms. The summed E-state index contributed by atoms with van der Waals surface area (Å²) in [5.41, 5.74) is 0.185. The molecule has 3 heterocycles. The minimum atomic E-state index is -4.37. The lowest BCUT2D eigenvalue weighted by atomic mass is 10.1. The predicted octanol–water partition coefficient (Wildman–Crippen LogP) is 2.00. The van der Waals surface area contributed by atoms with Gasteiger partial charge in [-0.3, -0.25) is 4.68 Å². The fourth-order valence-corrected chi connectivity index (χ4v) is 2.63. The van der Waals surface area contributed by atoms with Gasteiger partial charge in [-0.1, -0.05) is 0 Å². The third kappa shape index (κ3) is 3.84. The van der Waals surface area contributed by atoms with Gasteiger partial charge in [0, 0.05) is 12.7 Å². The molecular weight excluding hydrogens is 327 g/mol. The summed E-state index contributed by atoms with van der Waals surface area (Å²) in [6, 6.07) is -0.814. The molecule has 24 heavy (non-hydrogen) atoms. The van der Waals surface area contributed by atoms with Crippen LogP contribution in [0.25, 0.3) is 0 Å². The summed E-state index contributed by atoms with van der Waals surface area (Å²) < 4.78 is 39.3. The second-order valence-electron chi connectivity index (χ2n) is 5.58. The number of hydrogen-bond donors (Lipinski definition) is 2. The van der Waals surface area contributed by atoms with Gasteiger partial charge >= 0.3 is 12.2 Å². The Balaban J connectivity index is 1.60. The fourth-order valence-electron chi connectivity index (χ4n) is 2.63. The monoisotopic (exact) mass is 343 g/mol. The molecule has 0 saturated heterocycles. The number of rotatable bonds is 3. The van der Waals surface area contributed by atoms with Crippen LogP contribution in [0.15, 0.2) is 12.4 Å². The number of aryl methyl sites for hydroxylation is 2. The maximum Gasteiger partial charge on any atom is 0.408 e. The normalized spacial score (nSPS) is 17.4. The quantitative estimate of drug-likeness (QED) is 0.892. The number of fused-ring (bicyclic) bond motifs is 1. The molecule has 130 valence electrons. The van der Waals surface area contributed by atoms with Crippen LogP contribution in [0.3, 0.4) is 0 Å².